The lowest BCUT2D eigenvalue weighted by Crippen LogP contribution is -2.19. The quantitative estimate of drug-likeness (QED) is 0.656. The normalized spacial score (nSPS) is 9.85. The fourth-order valence-electron chi connectivity index (χ4n) is 1.53. The number of carbonyl (C=O) groups is 1. The molecule has 0 fully saturated rings. The van der Waals surface area contributed by atoms with Crippen LogP contribution in [0.3, 0.4) is 0 Å². The summed E-state index contributed by atoms with van der Waals surface area (Å²) in [6, 6.07) is 12.6. The fourth-order valence-corrected chi connectivity index (χ4v) is 1.87. The van der Waals surface area contributed by atoms with Crippen LogP contribution in [-0.4, -0.2) is 11.0 Å². The van der Waals surface area contributed by atoms with E-state index in [0.29, 0.717) is 15.8 Å². The molecule has 0 spiro atoms. The second-order valence-corrected chi connectivity index (χ2v) is 4.72. The van der Waals surface area contributed by atoms with E-state index in [4.69, 9.17) is 0 Å². The number of anilines is 2. The summed E-state index contributed by atoms with van der Waals surface area (Å²) in [6.07, 6.45) is 0. The largest absolute Gasteiger partial charge is 0.323 e. The summed E-state index contributed by atoms with van der Waals surface area (Å²) in [5, 5.41) is 15.9. The zero-order valence-corrected chi connectivity index (χ0v) is 11.8. The molecule has 0 unspecified atom stereocenters. The lowest BCUT2D eigenvalue weighted by molar-refractivity contribution is -0.384. The minimum Gasteiger partial charge on any atom is -0.308 e. The molecule has 0 radical (unpaired) electrons. The summed E-state index contributed by atoms with van der Waals surface area (Å²) in [5.41, 5.74) is 0.863. The molecule has 0 aliphatic carbocycles. The van der Waals surface area contributed by atoms with Gasteiger partial charge >= 0.3 is 6.03 Å². The van der Waals surface area contributed by atoms with Gasteiger partial charge in [0, 0.05) is 22.3 Å². The number of nitro benzene ring substituents is 1. The van der Waals surface area contributed by atoms with Crippen molar-refractivity contribution >= 4 is 39.0 Å². The predicted octanol–water partition coefficient (Wildman–Crippen LogP) is 4.00. The van der Waals surface area contributed by atoms with Crippen LogP contribution in [0.1, 0.15) is 0 Å². The van der Waals surface area contributed by atoms with Crippen molar-refractivity contribution in [2.45, 2.75) is 0 Å². The molecule has 7 heteroatoms. The van der Waals surface area contributed by atoms with Gasteiger partial charge in [-0.2, -0.15) is 0 Å². The number of para-hydroxylation sites is 1. The van der Waals surface area contributed by atoms with Crippen LogP contribution in [0.5, 0.6) is 0 Å². The predicted molar refractivity (Wildman–Crippen MR) is 79.9 cm³/mol. The molecule has 0 atom stereocenters. The summed E-state index contributed by atoms with van der Waals surface area (Å²) in [6.45, 7) is 0. The minimum absolute atomic E-state index is 0.0942. The van der Waals surface area contributed by atoms with Gasteiger partial charge in [0.2, 0.25) is 0 Å². The molecule has 0 aromatic heterocycles. The lowest BCUT2D eigenvalue weighted by Gasteiger charge is -2.09. The number of urea groups is 1. The van der Waals surface area contributed by atoms with E-state index in [1.807, 2.05) is 6.07 Å². The lowest BCUT2D eigenvalue weighted by atomic mass is 10.3. The Labute approximate surface area is 123 Å². The van der Waals surface area contributed by atoms with E-state index in [1.54, 1.807) is 24.3 Å². The Balaban J connectivity index is 2.11. The van der Waals surface area contributed by atoms with Gasteiger partial charge in [-0.1, -0.05) is 18.2 Å². The topological polar surface area (TPSA) is 84.3 Å². The van der Waals surface area contributed by atoms with Gasteiger partial charge in [0.1, 0.15) is 0 Å². The summed E-state index contributed by atoms with van der Waals surface area (Å²) in [4.78, 5) is 22.0. The molecule has 0 heterocycles. The summed E-state index contributed by atoms with van der Waals surface area (Å²) >= 11 is 3.23. The highest BCUT2D eigenvalue weighted by molar-refractivity contribution is 9.10. The third kappa shape index (κ3) is 3.55. The van der Waals surface area contributed by atoms with Crippen molar-refractivity contribution in [2.75, 3.05) is 10.6 Å². The van der Waals surface area contributed by atoms with E-state index < -0.39 is 11.0 Å². The first-order valence-corrected chi connectivity index (χ1v) is 6.42. The SMILES string of the molecule is O=C(Nc1ccccc1)Nc1cc([N+](=O)[O-])ccc1Br. The van der Waals surface area contributed by atoms with Gasteiger partial charge in [-0.25, -0.2) is 4.79 Å². The average molecular weight is 336 g/mol. The van der Waals surface area contributed by atoms with Crippen LogP contribution in [0.2, 0.25) is 0 Å². The first-order valence-electron chi connectivity index (χ1n) is 5.63. The van der Waals surface area contributed by atoms with Crippen LogP contribution in [0.4, 0.5) is 21.9 Å². The van der Waals surface area contributed by atoms with Gasteiger partial charge in [-0.3, -0.25) is 10.1 Å². The van der Waals surface area contributed by atoms with Crippen LogP contribution in [0.15, 0.2) is 53.0 Å². The minimum atomic E-state index is -0.521. The van der Waals surface area contributed by atoms with Crippen molar-refractivity contribution < 1.29 is 9.72 Å². The van der Waals surface area contributed by atoms with Gasteiger partial charge in [0.15, 0.2) is 0 Å². The molecular weight excluding hydrogens is 326 g/mol. The molecule has 0 saturated carbocycles. The zero-order chi connectivity index (χ0) is 14.5. The van der Waals surface area contributed by atoms with Crippen LogP contribution in [-0.2, 0) is 0 Å². The van der Waals surface area contributed by atoms with Crippen molar-refractivity contribution in [1.29, 1.82) is 0 Å². The standard InChI is InChI=1S/C13H10BrN3O3/c14-11-7-6-10(17(19)20)8-12(11)16-13(18)15-9-4-2-1-3-5-9/h1-8H,(H2,15,16,18). The molecule has 102 valence electrons. The molecule has 20 heavy (non-hydrogen) atoms. The number of amides is 2. The first-order chi connectivity index (χ1) is 9.56. The van der Waals surface area contributed by atoms with Gasteiger partial charge in [0.25, 0.3) is 5.69 Å². The summed E-state index contributed by atoms with van der Waals surface area (Å²) < 4.78 is 0.561. The van der Waals surface area contributed by atoms with Gasteiger partial charge < -0.3 is 10.6 Å². The molecule has 0 aliphatic heterocycles. The molecule has 6 nitrogen and oxygen atoms in total. The van der Waals surface area contributed by atoms with Crippen molar-refractivity contribution in [2.24, 2.45) is 0 Å². The molecule has 2 N–H and O–H groups in total. The van der Waals surface area contributed by atoms with E-state index in [1.165, 1.54) is 18.2 Å². The summed E-state index contributed by atoms with van der Waals surface area (Å²) in [5.74, 6) is 0. The van der Waals surface area contributed by atoms with Crippen LogP contribution < -0.4 is 10.6 Å². The Morgan fingerprint density at radius 1 is 1.10 bits per heavy atom. The second-order valence-electron chi connectivity index (χ2n) is 3.87. The Hall–Kier alpha value is -2.41. The summed E-state index contributed by atoms with van der Waals surface area (Å²) in [7, 11) is 0. The third-order valence-electron chi connectivity index (χ3n) is 2.44. The number of non-ortho nitro benzene ring substituents is 1. The Morgan fingerprint density at radius 3 is 2.45 bits per heavy atom. The highest BCUT2D eigenvalue weighted by Gasteiger charge is 2.11. The maximum Gasteiger partial charge on any atom is 0.323 e. The molecule has 2 aromatic rings. The molecule has 0 saturated heterocycles. The molecule has 2 aromatic carbocycles. The van der Waals surface area contributed by atoms with Crippen molar-refractivity contribution in [3.8, 4) is 0 Å². The first kappa shape index (κ1) is 14.0. The fraction of sp³-hybridized carbons (Fsp3) is 0. The number of benzene rings is 2. The van der Waals surface area contributed by atoms with Crippen LogP contribution >= 0.6 is 15.9 Å². The van der Waals surface area contributed by atoms with Crippen molar-refractivity contribution in [3.05, 3.63) is 63.1 Å². The number of rotatable bonds is 3. The van der Waals surface area contributed by atoms with E-state index in [9.17, 15) is 14.9 Å². The molecule has 0 aliphatic rings. The van der Waals surface area contributed by atoms with Gasteiger partial charge in [-0.05, 0) is 34.1 Å². The number of carbonyl (C=O) groups excluding carboxylic acids is 1. The van der Waals surface area contributed by atoms with E-state index in [2.05, 4.69) is 26.6 Å². The Bertz CT molecular complexity index is 647. The highest BCUT2D eigenvalue weighted by atomic mass is 79.9. The third-order valence-corrected chi connectivity index (χ3v) is 3.13. The van der Waals surface area contributed by atoms with Gasteiger partial charge in [0.05, 0.1) is 10.6 Å². The average Bonchev–Trinajstić information content (AvgIpc) is 2.42. The number of nitrogens with zero attached hydrogens (tertiary/aromatic N) is 1. The van der Waals surface area contributed by atoms with Crippen LogP contribution in [0, 0.1) is 10.1 Å². The highest BCUT2D eigenvalue weighted by Crippen LogP contribution is 2.27. The van der Waals surface area contributed by atoms with E-state index in [-0.39, 0.29) is 5.69 Å². The number of hydrogen-bond acceptors (Lipinski definition) is 3. The van der Waals surface area contributed by atoms with E-state index >= 15 is 0 Å². The maximum absolute atomic E-state index is 11.8. The van der Waals surface area contributed by atoms with E-state index in [0.717, 1.165) is 0 Å². The Morgan fingerprint density at radius 2 is 1.80 bits per heavy atom. The molecule has 2 amide bonds. The van der Waals surface area contributed by atoms with Crippen LogP contribution in [0.25, 0.3) is 0 Å². The number of nitrogens with one attached hydrogen (secondary N) is 2. The van der Waals surface area contributed by atoms with Gasteiger partial charge in [-0.15, -0.1) is 0 Å². The molecule has 2 rings (SSSR count). The second kappa shape index (κ2) is 6.16. The Kier molecular flexibility index (Phi) is 4.31. The zero-order valence-electron chi connectivity index (χ0n) is 10.2. The monoisotopic (exact) mass is 335 g/mol. The molecule has 0 bridgehead atoms. The van der Waals surface area contributed by atoms with Crippen molar-refractivity contribution in [3.63, 3.8) is 0 Å². The smallest absolute Gasteiger partial charge is 0.308 e. The molecular formula is C13H10BrN3O3. The number of nitro groups is 1. The van der Waals surface area contributed by atoms with Crippen molar-refractivity contribution in [1.82, 2.24) is 0 Å². The number of halogens is 1. The number of hydrogen-bond donors (Lipinski definition) is 2. The maximum atomic E-state index is 11.8.